The standard InChI is InChI=1S/C21H23ClN4O2S2.C2HF3O2/c1-25(17-9-10-26(13-17)12-16-5-3-2-4-6-16)20-8-7-18(11-19(20)22)30(27,28)24-21-14-29-15-23-21;3-2(4,5)1(6)7/h2-8,11,14-15,17,24H,9-10,12-13H2,1H3;(H,6,7)/t17-;/m0./s1. The van der Waals surface area contributed by atoms with Crippen LogP contribution in [0.15, 0.2) is 64.3 Å². The van der Waals surface area contributed by atoms with Gasteiger partial charge in [-0.15, -0.1) is 11.3 Å². The number of benzene rings is 2. The van der Waals surface area contributed by atoms with Crippen LogP contribution in [0, 0.1) is 0 Å². The Hall–Kier alpha value is -2.87. The summed E-state index contributed by atoms with van der Waals surface area (Å²) in [4.78, 5) is 17.6. The smallest absolute Gasteiger partial charge is 0.475 e. The highest BCUT2D eigenvalue weighted by Crippen LogP contribution is 2.32. The Morgan fingerprint density at radius 2 is 1.95 bits per heavy atom. The SMILES string of the molecule is CN(c1ccc(S(=O)(=O)Nc2cscn2)cc1Cl)[C@H]1CCN(Cc2ccccc2)C1.O=C(O)C(F)(F)F. The number of nitrogens with one attached hydrogen (secondary N) is 1. The Morgan fingerprint density at radius 3 is 2.51 bits per heavy atom. The van der Waals surface area contributed by atoms with Gasteiger partial charge in [-0.25, -0.2) is 18.2 Å². The van der Waals surface area contributed by atoms with Gasteiger partial charge < -0.3 is 10.0 Å². The minimum absolute atomic E-state index is 0.120. The molecule has 2 heterocycles. The van der Waals surface area contributed by atoms with E-state index in [1.165, 1.54) is 23.0 Å². The third-order valence-electron chi connectivity index (χ3n) is 5.57. The van der Waals surface area contributed by atoms with Crippen molar-refractivity contribution in [3.8, 4) is 0 Å². The molecule has 2 aromatic carbocycles. The molecule has 0 radical (unpaired) electrons. The van der Waals surface area contributed by atoms with E-state index in [0.29, 0.717) is 16.9 Å². The third-order valence-corrected chi connectivity index (χ3v) is 7.81. The van der Waals surface area contributed by atoms with Crippen LogP contribution in [0.4, 0.5) is 24.7 Å². The molecule has 1 saturated heterocycles. The Labute approximate surface area is 221 Å². The largest absolute Gasteiger partial charge is 0.490 e. The van der Waals surface area contributed by atoms with E-state index in [1.807, 2.05) is 13.1 Å². The quantitative estimate of drug-likeness (QED) is 0.411. The van der Waals surface area contributed by atoms with Crippen LogP contribution in [-0.4, -0.2) is 61.7 Å². The van der Waals surface area contributed by atoms with Crippen LogP contribution in [0.25, 0.3) is 0 Å². The zero-order valence-corrected chi connectivity index (χ0v) is 21.9. The average molecular weight is 577 g/mol. The number of likely N-dealkylation sites (N-methyl/N-ethyl adjacent to an activating group) is 1. The molecule has 0 bridgehead atoms. The number of hydrogen-bond donors (Lipinski definition) is 2. The van der Waals surface area contributed by atoms with Gasteiger partial charge in [0.05, 0.1) is 21.1 Å². The number of aromatic nitrogens is 1. The number of sulfonamides is 1. The monoisotopic (exact) mass is 576 g/mol. The van der Waals surface area contributed by atoms with E-state index in [0.717, 1.165) is 31.7 Å². The normalized spacial score (nSPS) is 16.1. The van der Waals surface area contributed by atoms with Gasteiger partial charge in [-0.2, -0.15) is 13.2 Å². The molecular weight excluding hydrogens is 553 g/mol. The second-order valence-corrected chi connectivity index (χ2v) is 11.0. The van der Waals surface area contributed by atoms with E-state index in [9.17, 15) is 21.6 Å². The average Bonchev–Trinajstić information content (AvgIpc) is 3.51. The fourth-order valence-corrected chi connectivity index (χ4v) is 5.67. The van der Waals surface area contributed by atoms with Gasteiger partial charge in [0.25, 0.3) is 10.0 Å². The van der Waals surface area contributed by atoms with Crippen LogP contribution < -0.4 is 9.62 Å². The molecule has 1 aromatic heterocycles. The molecule has 1 atom stereocenters. The molecule has 1 fully saturated rings. The zero-order valence-electron chi connectivity index (χ0n) is 19.5. The number of carboxylic acid groups (broad SMARTS) is 1. The highest BCUT2D eigenvalue weighted by atomic mass is 35.5. The number of halogens is 4. The van der Waals surface area contributed by atoms with E-state index >= 15 is 0 Å². The molecule has 1 aliphatic rings. The van der Waals surface area contributed by atoms with Gasteiger partial charge in [0.1, 0.15) is 0 Å². The Balaban J connectivity index is 0.000000479. The van der Waals surface area contributed by atoms with Crippen molar-refractivity contribution in [3.05, 3.63) is 70.0 Å². The van der Waals surface area contributed by atoms with Crippen LogP contribution in [0.5, 0.6) is 0 Å². The van der Waals surface area contributed by atoms with Crippen LogP contribution in [0.3, 0.4) is 0 Å². The summed E-state index contributed by atoms with van der Waals surface area (Å²) in [5.74, 6) is -2.45. The third kappa shape index (κ3) is 8.06. The summed E-state index contributed by atoms with van der Waals surface area (Å²) in [7, 11) is -1.71. The lowest BCUT2D eigenvalue weighted by molar-refractivity contribution is -0.192. The van der Waals surface area contributed by atoms with E-state index in [1.54, 1.807) is 23.0 Å². The molecule has 0 aliphatic carbocycles. The summed E-state index contributed by atoms with van der Waals surface area (Å²) >= 11 is 7.82. The van der Waals surface area contributed by atoms with Crippen molar-refractivity contribution >= 4 is 50.4 Å². The summed E-state index contributed by atoms with van der Waals surface area (Å²) in [6.07, 6.45) is -4.05. The number of hydrogen-bond acceptors (Lipinski definition) is 7. The van der Waals surface area contributed by atoms with Gasteiger partial charge in [-0.3, -0.25) is 9.62 Å². The van der Waals surface area contributed by atoms with Crippen molar-refractivity contribution in [2.45, 2.75) is 30.1 Å². The summed E-state index contributed by atoms with van der Waals surface area (Å²) in [6.45, 7) is 2.89. The van der Waals surface area contributed by atoms with Gasteiger partial charge in [-0.05, 0) is 30.2 Å². The number of likely N-dealkylation sites (tertiary alicyclic amines) is 1. The number of rotatable bonds is 7. The molecule has 1 aliphatic heterocycles. The number of carbonyl (C=O) groups is 1. The van der Waals surface area contributed by atoms with Crippen molar-refractivity contribution in [1.82, 2.24) is 9.88 Å². The molecule has 0 amide bonds. The predicted molar refractivity (Wildman–Crippen MR) is 137 cm³/mol. The van der Waals surface area contributed by atoms with Crippen LogP contribution in [0.2, 0.25) is 5.02 Å². The summed E-state index contributed by atoms with van der Waals surface area (Å²) in [5.41, 5.74) is 3.71. The first-order valence-corrected chi connectivity index (χ1v) is 13.7. The molecule has 8 nitrogen and oxygen atoms in total. The first kappa shape index (κ1) is 28.7. The topological polar surface area (TPSA) is 103 Å². The van der Waals surface area contributed by atoms with Gasteiger partial charge in [0.15, 0.2) is 5.82 Å². The maximum absolute atomic E-state index is 12.6. The number of thiazole rings is 1. The van der Waals surface area contributed by atoms with Crippen LogP contribution >= 0.6 is 22.9 Å². The predicted octanol–water partition coefficient (Wildman–Crippen LogP) is 4.94. The Morgan fingerprint density at radius 1 is 1.27 bits per heavy atom. The van der Waals surface area contributed by atoms with Gasteiger partial charge in [0.2, 0.25) is 0 Å². The van der Waals surface area contributed by atoms with Gasteiger partial charge >= 0.3 is 12.1 Å². The highest BCUT2D eigenvalue weighted by molar-refractivity contribution is 7.92. The highest BCUT2D eigenvalue weighted by Gasteiger charge is 2.38. The number of nitrogens with zero attached hydrogens (tertiary/aromatic N) is 3. The molecule has 2 N–H and O–H groups in total. The zero-order chi connectivity index (χ0) is 27.2. The maximum atomic E-state index is 12.6. The molecule has 14 heteroatoms. The number of anilines is 2. The van der Waals surface area contributed by atoms with Crippen molar-refractivity contribution < 1.29 is 31.5 Å². The molecule has 200 valence electrons. The van der Waals surface area contributed by atoms with Crippen molar-refractivity contribution in [1.29, 1.82) is 0 Å². The first-order valence-electron chi connectivity index (χ1n) is 10.9. The molecule has 3 aromatic rings. The van der Waals surface area contributed by atoms with Crippen molar-refractivity contribution in [3.63, 3.8) is 0 Å². The second-order valence-electron chi connectivity index (χ2n) is 8.17. The molecule has 37 heavy (non-hydrogen) atoms. The van der Waals surface area contributed by atoms with Crippen molar-refractivity contribution in [2.24, 2.45) is 0 Å². The lowest BCUT2D eigenvalue weighted by atomic mass is 10.2. The Bertz CT molecular complexity index is 1290. The fourth-order valence-electron chi connectivity index (χ4n) is 3.71. The minimum Gasteiger partial charge on any atom is -0.475 e. The number of aliphatic carboxylic acids is 1. The molecule has 0 saturated carbocycles. The summed E-state index contributed by atoms with van der Waals surface area (Å²) < 4.78 is 59.4. The first-order chi connectivity index (χ1) is 17.4. The molecule has 0 spiro atoms. The lowest BCUT2D eigenvalue weighted by Gasteiger charge is -2.28. The summed E-state index contributed by atoms with van der Waals surface area (Å²) in [6, 6.07) is 15.6. The van der Waals surface area contributed by atoms with Gasteiger partial charge in [0, 0.05) is 38.1 Å². The summed E-state index contributed by atoms with van der Waals surface area (Å²) in [5, 5.41) is 9.18. The number of carboxylic acids is 1. The maximum Gasteiger partial charge on any atom is 0.490 e. The minimum atomic E-state index is -5.08. The second kappa shape index (κ2) is 12.1. The number of alkyl halides is 3. The van der Waals surface area contributed by atoms with Crippen LogP contribution in [0.1, 0.15) is 12.0 Å². The Kier molecular flexibility index (Phi) is 9.40. The fraction of sp³-hybridized carbons (Fsp3) is 0.304. The van der Waals surface area contributed by atoms with Crippen molar-refractivity contribution in [2.75, 3.05) is 29.8 Å². The molecular formula is C23H24ClF3N4O4S2. The van der Waals surface area contributed by atoms with Crippen LogP contribution in [-0.2, 0) is 21.4 Å². The van der Waals surface area contributed by atoms with E-state index in [4.69, 9.17) is 21.5 Å². The lowest BCUT2D eigenvalue weighted by Crippen LogP contribution is -2.34. The molecule has 4 rings (SSSR count). The van der Waals surface area contributed by atoms with Gasteiger partial charge in [-0.1, -0.05) is 41.9 Å². The van der Waals surface area contributed by atoms with E-state index < -0.39 is 22.2 Å². The molecule has 0 unspecified atom stereocenters. The van der Waals surface area contributed by atoms with E-state index in [2.05, 4.69) is 43.8 Å². The van der Waals surface area contributed by atoms with E-state index in [-0.39, 0.29) is 4.90 Å².